The predicted molar refractivity (Wildman–Crippen MR) is 83.9 cm³/mol. The Bertz CT molecular complexity index is 551. The van der Waals surface area contributed by atoms with Crippen LogP contribution in [0.4, 0.5) is 0 Å². The molecule has 1 aromatic heterocycles. The Kier molecular flexibility index (Phi) is 5.68. The first kappa shape index (κ1) is 15.1. The topological polar surface area (TPSA) is 34.4 Å². The number of rotatable bonds is 7. The Labute approximate surface area is 128 Å². The second-order valence-corrected chi connectivity index (χ2v) is 5.71. The minimum atomic E-state index is 0.449. The van der Waals surface area contributed by atoms with Crippen molar-refractivity contribution in [3.8, 4) is 5.75 Å². The number of nitrogens with one attached hydrogen (secondary N) is 1. The number of hydrogen-bond acceptors (Lipinski definition) is 3. The van der Waals surface area contributed by atoms with Crippen molar-refractivity contribution in [3.63, 3.8) is 0 Å². The summed E-state index contributed by atoms with van der Waals surface area (Å²) in [6, 6.07) is 8.05. The van der Waals surface area contributed by atoms with E-state index in [2.05, 4.69) is 28.2 Å². The van der Waals surface area contributed by atoms with Crippen molar-refractivity contribution in [2.24, 2.45) is 0 Å². The van der Waals surface area contributed by atoms with E-state index >= 15 is 0 Å². The van der Waals surface area contributed by atoms with Crippen LogP contribution in [0.1, 0.15) is 30.2 Å². The largest absolute Gasteiger partial charge is 0.485 e. The quantitative estimate of drug-likeness (QED) is 0.759. The van der Waals surface area contributed by atoms with Gasteiger partial charge in [0.25, 0.3) is 0 Å². The van der Waals surface area contributed by atoms with E-state index in [-0.39, 0.29) is 0 Å². The summed E-state index contributed by atoms with van der Waals surface area (Å²) in [6.07, 6.45) is 2.92. The van der Waals surface area contributed by atoms with Crippen LogP contribution < -0.4 is 10.1 Å². The zero-order valence-corrected chi connectivity index (χ0v) is 13.5. The molecule has 4 heteroatoms. The molecule has 3 nitrogen and oxygen atoms in total. The molecule has 0 unspecified atom stereocenters. The first-order valence-corrected chi connectivity index (χ1v) is 7.64. The van der Waals surface area contributed by atoms with Gasteiger partial charge in [0.05, 0.1) is 6.26 Å². The predicted octanol–water partition coefficient (Wildman–Crippen LogP) is 4.43. The lowest BCUT2D eigenvalue weighted by atomic mass is 10.2. The Morgan fingerprint density at radius 3 is 2.95 bits per heavy atom. The van der Waals surface area contributed by atoms with Crippen molar-refractivity contribution in [2.75, 3.05) is 6.54 Å². The van der Waals surface area contributed by atoms with Crippen LogP contribution in [0.2, 0.25) is 0 Å². The van der Waals surface area contributed by atoms with Crippen molar-refractivity contribution in [1.29, 1.82) is 0 Å². The van der Waals surface area contributed by atoms with Crippen LogP contribution in [0, 0.1) is 6.92 Å². The Balaban J connectivity index is 1.89. The molecular weight excluding hydrogens is 318 g/mol. The maximum absolute atomic E-state index is 5.80. The molecule has 0 bridgehead atoms. The lowest BCUT2D eigenvalue weighted by molar-refractivity contribution is 0.268. The SMILES string of the molecule is CCCNCc1coc(COc2cc(Br)ccc2C)c1. The molecule has 0 aliphatic carbocycles. The van der Waals surface area contributed by atoms with Gasteiger partial charge in [-0.05, 0) is 43.7 Å². The number of aryl methyl sites for hydroxylation is 1. The Hall–Kier alpha value is -1.26. The molecule has 1 aromatic carbocycles. The summed E-state index contributed by atoms with van der Waals surface area (Å²) in [6.45, 7) is 6.50. The highest BCUT2D eigenvalue weighted by atomic mass is 79.9. The first-order chi connectivity index (χ1) is 9.69. The van der Waals surface area contributed by atoms with Gasteiger partial charge in [0.15, 0.2) is 0 Å². The minimum absolute atomic E-state index is 0.449. The lowest BCUT2D eigenvalue weighted by Gasteiger charge is -2.07. The van der Waals surface area contributed by atoms with E-state index in [4.69, 9.17) is 9.15 Å². The van der Waals surface area contributed by atoms with Gasteiger partial charge in [0, 0.05) is 16.6 Å². The molecule has 20 heavy (non-hydrogen) atoms. The molecule has 0 aliphatic rings. The maximum atomic E-state index is 5.80. The van der Waals surface area contributed by atoms with Gasteiger partial charge in [-0.2, -0.15) is 0 Å². The standard InChI is InChI=1S/C16H20BrNO2/c1-3-6-18-9-13-7-15(19-10-13)11-20-16-8-14(17)5-4-12(16)2/h4-5,7-8,10,18H,3,6,9,11H2,1-2H3. The Morgan fingerprint density at radius 2 is 2.15 bits per heavy atom. The fourth-order valence-corrected chi connectivity index (χ4v) is 2.22. The van der Waals surface area contributed by atoms with Crippen molar-refractivity contribution in [1.82, 2.24) is 5.32 Å². The third kappa shape index (κ3) is 4.39. The highest BCUT2D eigenvalue weighted by molar-refractivity contribution is 9.10. The van der Waals surface area contributed by atoms with E-state index in [9.17, 15) is 0 Å². The summed E-state index contributed by atoms with van der Waals surface area (Å²) in [5.41, 5.74) is 2.27. The Morgan fingerprint density at radius 1 is 1.30 bits per heavy atom. The number of ether oxygens (including phenoxy) is 1. The number of furan rings is 1. The molecule has 108 valence electrons. The van der Waals surface area contributed by atoms with E-state index in [1.165, 1.54) is 0 Å². The third-order valence-electron chi connectivity index (χ3n) is 2.98. The highest BCUT2D eigenvalue weighted by Gasteiger charge is 2.05. The van der Waals surface area contributed by atoms with Crippen molar-refractivity contribution < 1.29 is 9.15 Å². The molecule has 0 fully saturated rings. The molecule has 2 aromatic rings. The van der Waals surface area contributed by atoms with Crippen LogP contribution in [0.15, 0.2) is 39.4 Å². The van der Waals surface area contributed by atoms with Gasteiger partial charge in [-0.15, -0.1) is 0 Å². The van der Waals surface area contributed by atoms with E-state index in [0.717, 1.165) is 46.6 Å². The van der Waals surface area contributed by atoms with Crippen molar-refractivity contribution in [2.45, 2.75) is 33.4 Å². The molecule has 0 amide bonds. The third-order valence-corrected chi connectivity index (χ3v) is 3.48. The summed E-state index contributed by atoms with van der Waals surface area (Å²) in [5, 5.41) is 3.35. The van der Waals surface area contributed by atoms with Gasteiger partial charge in [0.1, 0.15) is 18.1 Å². The van der Waals surface area contributed by atoms with Crippen LogP contribution in [-0.4, -0.2) is 6.54 Å². The van der Waals surface area contributed by atoms with E-state index in [1.54, 1.807) is 6.26 Å². The first-order valence-electron chi connectivity index (χ1n) is 6.85. The van der Waals surface area contributed by atoms with Crippen molar-refractivity contribution >= 4 is 15.9 Å². The zero-order valence-electron chi connectivity index (χ0n) is 11.9. The average molecular weight is 338 g/mol. The van der Waals surface area contributed by atoms with Gasteiger partial charge in [-0.1, -0.05) is 28.9 Å². The second-order valence-electron chi connectivity index (χ2n) is 4.80. The van der Waals surface area contributed by atoms with Gasteiger partial charge >= 0.3 is 0 Å². The van der Waals surface area contributed by atoms with Crippen LogP contribution in [0.3, 0.4) is 0 Å². The number of benzene rings is 1. The minimum Gasteiger partial charge on any atom is -0.485 e. The normalized spacial score (nSPS) is 10.8. The van der Waals surface area contributed by atoms with E-state index < -0.39 is 0 Å². The van der Waals surface area contributed by atoms with Crippen LogP contribution in [0.5, 0.6) is 5.75 Å². The van der Waals surface area contributed by atoms with Gasteiger partial charge in [-0.3, -0.25) is 0 Å². The van der Waals surface area contributed by atoms with Crippen LogP contribution >= 0.6 is 15.9 Å². The van der Waals surface area contributed by atoms with Crippen LogP contribution in [0.25, 0.3) is 0 Å². The zero-order chi connectivity index (χ0) is 14.4. The summed E-state index contributed by atoms with van der Waals surface area (Å²) in [7, 11) is 0. The smallest absolute Gasteiger partial charge is 0.146 e. The number of hydrogen-bond donors (Lipinski definition) is 1. The van der Waals surface area contributed by atoms with E-state index in [0.29, 0.717) is 6.61 Å². The summed E-state index contributed by atoms with van der Waals surface area (Å²) < 4.78 is 12.3. The number of halogens is 1. The summed E-state index contributed by atoms with van der Waals surface area (Å²) >= 11 is 3.45. The molecule has 0 radical (unpaired) electrons. The monoisotopic (exact) mass is 337 g/mol. The molecule has 0 saturated heterocycles. The van der Waals surface area contributed by atoms with Gasteiger partial charge in [0.2, 0.25) is 0 Å². The summed E-state index contributed by atoms with van der Waals surface area (Å²) in [5.74, 6) is 1.72. The van der Waals surface area contributed by atoms with Gasteiger partial charge < -0.3 is 14.5 Å². The molecular formula is C16H20BrNO2. The molecule has 1 N–H and O–H groups in total. The molecule has 0 spiro atoms. The maximum Gasteiger partial charge on any atom is 0.146 e. The lowest BCUT2D eigenvalue weighted by Crippen LogP contribution is -2.13. The fourth-order valence-electron chi connectivity index (χ4n) is 1.88. The van der Waals surface area contributed by atoms with Crippen LogP contribution in [-0.2, 0) is 13.2 Å². The molecule has 0 aliphatic heterocycles. The van der Waals surface area contributed by atoms with E-state index in [1.807, 2.05) is 31.2 Å². The molecule has 0 saturated carbocycles. The highest BCUT2D eigenvalue weighted by Crippen LogP contribution is 2.24. The molecule has 2 rings (SSSR count). The van der Waals surface area contributed by atoms with Gasteiger partial charge in [-0.25, -0.2) is 0 Å². The summed E-state index contributed by atoms with van der Waals surface area (Å²) in [4.78, 5) is 0. The average Bonchev–Trinajstić information content (AvgIpc) is 2.88. The second kappa shape index (κ2) is 7.50. The van der Waals surface area contributed by atoms with Crippen molar-refractivity contribution in [3.05, 3.63) is 51.9 Å². The molecule has 0 atom stereocenters. The fraction of sp³-hybridized carbons (Fsp3) is 0.375. The molecule has 1 heterocycles.